The number of hydrogen-bond acceptors (Lipinski definition) is 4. The number of hydrogen-bond donors (Lipinski definition) is 1. The summed E-state index contributed by atoms with van der Waals surface area (Å²) >= 11 is 0. The number of rotatable bonds is 5. The van der Waals surface area contributed by atoms with Crippen LogP contribution in [0.5, 0.6) is 0 Å². The molecule has 1 heterocycles. The SMILES string of the molecule is CCOC(=O)c1ccc(NCC2CCOC2)cc1. The van der Waals surface area contributed by atoms with E-state index in [9.17, 15) is 4.79 Å². The van der Waals surface area contributed by atoms with Crippen molar-refractivity contribution in [2.75, 3.05) is 31.7 Å². The first-order chi connectivity index (χ1) is 8.79. The van der Waals surface area contributed by atoms with Gasteiger partial charge in [0.15, 0.2) is 0 Å². The maximum atomic E-state index is 11.5. The largest absolute Gasteiger partial charge is 0.462 e. The molecule has 1 fully saturated rings. The average molecular weight is 249 g/mol. The predicted molar refractivity (Wildman–Crippen MR) is 69.8 cm³/mol. The van der Waals surface area contributed by atoms with Crippen molar-refractivity contribution in [1.82, 2.24) is 0 Å². The van der Waals surface area contributed by atoms with Crippen molar-refractivity contribution in [2.45, 2.75) is 13.3 Å². The number of anilines is 1. The van der Waals surface area contributed by atoms with E-state index in [1.165, 1.54) is 0 Å². The lowest BCUT2D eigenvalue weighted by atomic mass is 10.1. The van der Waals surface area contributed by atoms with Crippen LogP contribution < -0.4 is 5.32 Å². The maximum absolute atomic E-state index is 11.5. The fraction of sp³-hybridized carbons (Fsp3) is 0.500. The van der Waals surface area contributed by atoms with Gasteiger partial charge in [0.2, 0.25) is 0 Å². The molecule has 0 amide bonds. The van der Waals surface area contributed by atoms with Crippen LogP contribution in [0.4, 0.5) is 5.69 Å². The Bertz CT molecular complexity index is 383. The molecule has 1 saturated heterocycles. The first-order valence-electron chi connectivity index (χ1n) is 6.38. The highest BCUT2D eigenvalue weighted by Gasteiger charge is 2.15. The van der Waals surface area contributed by atoms with Crippen LogP contribution in [0.2, 0.25) is 0 Å². The molecule has 0 spiro atoms. The zero-order valence-electron chi connectivity index (χ0n) is 10.6. The molecule has 4 nitrogen and oxygen atoms in total. The number of esters is 1. The van der Waals surface area contributed by atoms with Gasteiger partial charge in [-0.05, 0) is 37.6 Å². The molecule has 1 aliphatic heterocycles. The topological polar surface area (TPSA) is 47.6 Å². The summed E-state index contributed by atoms with van der Waals surface area (Å²) in [7, 11) is 0. The van der Waals surface area contributed by atoms with Gasteiger partial charge in [-0.2, -0.15) is 0 Å². The van der Waals surface area contributed by atoms with Crippen molar-refractivity contribution in [3.63, 3.8) is 0 Å². The van der Waals surface area contributed by atoms with E-state index < -0.39 is 0 Å². The van der Waals surface area contributed by atoms with Crippen molar-refractivity contribution >= 4 is 11.7 Å². The van der Waals surface area contributed by atoms with E-state index in [1.54, 1.807) is 19.1 Å². The Labute approximate surface area is 107 Å². The molecular weight excluding hydrogens is 230 g/mol. The molecule has 4 heteroatoms. The molecule has 1 aromatic carbocycles. The molecule has 1 atom stereocenters. The molecule has 0 aliphatic carbocycles. The Kier molecular flexibility index (Phi) is 4.59. The average Bonchev–Trinajstić information content (AvgIpc) is 2.90. The van der Waals surface area contributed by atoms with Crippen LogP contribution in [-0.4, -0.2) is 32.3 Å². The van der Waals surface area contributed by atoms with Crippen LogP contribution in [0, 0.1) is 5.92 Å². The lowest BCUT2D eigenvalue weighted by molar-refractivity contribution is 0.0526. The zero-order chi connectivity index (χ0) is 12.8. The summed E-state index contributed by atoms with van der Waals surface area (Å²) < 4.78 is 10.3. The van der Waals surface area contributed by atoms with Gasteiger partial charge in [-0.25, -0.2) is 4.79 Å². The van der Waals surface area contributed by atoms with Crippen LogP contribution in [0.25, 0.3) is 0 Å². The lowest BCUT2D eigenvalue weighted by Crippen LogP contribution is -2.14. The van der Waals surface area contributed by atoms with Gasteiger partial charge >= 0.3 is 5.97 Å². The van der Waals surface area contributed by atoms with Crippen molar-refractivity contribution in [1.29, 1.82) is 0 Å². The van der Waals surface area contributed by atoms with Gasteiger partial charge in [0.1, 0.15) is 0 Å². The van der Waals surface area contributed by atoms with Crippen molar-refractivity contribution in [3.8, 4) is 0 Å². The van der Waals surface area contributed by atoms with Crippen LogP contribution in [0.3, 0.4) is 0 Å². The molecule has 0 aromatic heterocycles. The second-order valence-electron chi connectivity index (χ2n) is 4.41. The Morgan fingerprint density at radius 2 is 2.22 bits per heavy atom. The fourth-order valence-corrected chi connectivity index (χ4v) is 1.95. The summed E-state index contributed by atoms with van der Waals surface area (Å²) in [6.07, 6.45) is 1.12. The standard InChI is InChI=1S/C14H19NO3/c1-2-18-14(16)12-3-5-13(6-4-12)15-9-11-7-8-17-10-11/h3-6,11,15H,2,7-10H2,1H3. The van der Waals surface area contributed by atoms with Crippen LogP contribution in [-0.2, 0) is 9.47 Å². The van der Waals surface area contributed by atoms with Crippen LogP contribution in [0.1, 0.15) is 23.7 Å². The number of ether oxygens (including phenoxy) is 2. The molecule has 1 aromatic rings. The Balaban J connectivity index is 1.85. The van der Waals surface area contributed by atoms with E-state index in [1.807, 2.05) is 12.1 Å². The minimum Gasteiger partial charge on any atom is -0.462 e. The second kappa shape index (κ2) is 6.40. The van der Waals surface area contributed by atoms with Gasteiger partial charge in [0.25, 0.3) is 0 Å². The van der Waals surface area contributed by atoms with E-state index in [0.717, 1.165) is 31.9 Å². The summed E-state index contributed by atoms with van der Waals surface area (Å²) in [6.45, 7) is 4.83. The van der Waals surface area contributed by atoms with Gasteiger partial charge in [0.05, 0.1) is 18.8 Å². The predicted octanol–water partition coefficient (Wildman–Crippen LogP) is 2.31. The smallest absolute Gasteiger partial charge is 0.338 e. The Morgan fingerprint density at radius 1 is 1.44 bits per heavy atom. The summed E-state index contributed by atoms with van der Waals surface area (Å²) in [5.74, 6) is 0.322. The van der Waals surface area contributed by atoms with Crippen molar-refractivity contribution in [2.24, 2.45) is 5.92 Å². The zero-order valence-corrected chi connectivity index (χ0v) is 10.6. The highest BCUT2D eigenvalue weighted by atomic mass is 16.5. The first kappa shape index (κ1) is 12.9. The molecule has 1 N–H and O–H groups in total. The summed E-state index contributed by atoms with van der Waals surface area (Å²) in [5, 5.41) is 3.35. The summed E-state index contributed by atoms with van der Waals surface area (Å²) in [5.41, 5.74) is 1.61. The second-order valence-corrected chi connectivity index (χ2v) is 4.41. The lowest BCUT2D eigenvalue weighted by Gasteiger charge is -2.11. The van der Waals surface area contributed by atoms with Gasteiger partial charge in [0, 0.05) is 24.8 Å². The van der Waals surface area contributed by atoms with Crippen LogP contribution >= 0.6 is 0 Å². The molecule has 0 saturated carbocycles. The summed E-state index contributed by atoms with van der Waals surface area (Å²) in [4.78, 5) is 11.5. The normalized spacial score (nSPS) is 18.6. The van der Waals surface area contributed by atoms with E-state index in [4.69, 9.17) is 9.47 Å². The monoisotopic (exact) mass is 249 g/mol. The molecular formula is C14H19NO3. The Morgan fingerprint density at radius 3 is 2.83 bits per heavy atom. The number of carbonyl (C=O) groups is 1. The van der Waals surface area contributed by atoms with E-state index in [2.05, 4.69) is 5.32 Å². The van der Waals surface area contributed by atoms with Crippen molar-refractivity contribution in [3.05, 3.63) is 29.8 Å². The Hall–Kier alpha value is -1.55. The van der Waals surface area contributed by atoms with E-state index >= 15 is 0 Å². The first-order valence-corrected chi connectivity index (χ1v) is 6.38. The van der Waals surface area contributed by atoms with Crippen LogP contribution in [0.15, 0.2) is 24.3 Å². The molecule has 1 aliphatic rings. The minimum absolute atomic E-state index is 0.270. The molecule has 2 rings (SSSR count). The number of benzene rings is 1. The van der Waals surface area contributed by atoms with Gasteiger partial charge in [-0.3, -0.25) is 0 Å². The quantitative estimate of drug-likeness (QED) is 0.813. The fourth-order valence-electron chi connectivity index (χ4n) is 1.95. The molecule has 98 valence electrons. The van der Waals surface area contributed by atoms with Gasteiger partial charge < -0.3 is 14.8 Å². The van der Waals surface area contributed by atoms with E-state index in [0.29, 0.717) is 18.1 Å². The molecule has 1 unspecified atom stereocenters. The third-order valence-electron chi connectivity index (χ3n) is 3.01. The molecule has 0 radical (unpaired) electrons. The number of nitrogens with one attached hydrogen (secondary N) is 1. The third kappa shape index (κ3) is 3.47. The molecule has 0 bridgehead atoms. The number of carbonyl (C=O) groups excluding carboxylic acids is 1. The van der Waals surface area contributed by atoms with Gasteiger partial charge in [-0.1, -0.05) is 0 Å². The third-order valence-corrected chi connectivity index (χ3v) is 3.01. The summed E-state index contributed by atoms with van der Waals surface area (Å²) in [6, 6.07) is 7.38. The van der Waals surface area contributed by atoms with Crippen molar-refractivity contribution < 1.29 is 14.3 Å². The maximum Gasteiger partial charge on any atom is 0.338 e. The van der Waals surface area contributed by atoms with Gasteiger partial charge in [-0.15, -0.1) is 0 Å². The minimum atomic E-state index is -0.270. The highest BCUT2D eigenvalue weighted by molar-refractivity contribution is 5.89. The molecule has 18 heavy (non-hydrogen) atoms. The highest BCUT2D eigenvalue weighted by Crippen LogP contribution is 2.15. The van der Waals surface area contributed by atoms with E-state index in [-0.39, 0.29) is 5.97 Å².